The molecule has 0 aliphatic carbocycles. The molecule has 0 radical (unpaired) electrons. The summed E-state index contributed by atoms with van der Waals surface area (Å²) in [4.78, 5) is 22.1. The van der Waals surface area contributed by atoms with E-state index >= 15 is 0 Å². The summed E-state index contributed by atoms with van der Waals surface area (Å²) in [6.07, 6.45) is 5.09. The van der Waals surface area contributed by atoms with Crippen molar-refractivity contribution in [3.05, 3.63) is 54.1 Å². The van der Waals surface area contributed by atoms with Crippen molar-refractivity contribution < 1.29 is 9.53 Å². The lowest BCUT2D eigenvalue weighted by molar-refractivity contribution is -0.115. The number of rotatable bonds is 4. The fourth-order valence-electron chi connectivity index (χ4n) is 4.32. The predicted molar refractivity (Wildman–Crippen MR) is 118 cm³/mol. The van der Waals surface area contributed by atoms with Crippen LogP contribution < -0.4 is 5.32 Å². The fourth-order valence-corrected chi connectivity index (χ4v) is 4.32. The summed E-state index contributed by atoms with van der Waals surface area (Å²) >= 11 is 0. The zero-order valence-corrected chi connectivity index (χ0v) is 17.5. The molecule has 4 aromatic rings. The van der Waals surface area contributed by atoms with E-state index < -0.39 is 0 Å². The number of carbonyl (C=O) groups is 1. The van der Waals surface area contributed by atoms with Crippen LogP contribution in [0.4, 0.5) is 5.82 Å². The van der Waals surface area contributed by atoms with E-state index in [4.69, 9.17) is 9.72 Å². The first-order valence-corrected chi connectivity index (χ1v) is 10.5. The van der Waals surface area contributed by atoms with Gasteiger partial charge in [-0.2, -0.15) is 10.4 Å². The molecule has 0 spiro atoms. The Morgan fingerprint density at radius 1 is 1.34 bits per heavy atom. The van der Waals surface area contributed by atoms with E-state index in [0.717, 1.165) is 29.3 Å². The van der Waals surface area contributed by atoms with Gasteiger partial charge < -0.3 is 14.6 Å². The van der Waals surface area contributed by atoms with Gasteiger partial charge in [-0.25, -0.2) is 4.98 Å². The van der Waals surface area contributed by atoms with Gasteiger partial charge in [0.05, 0.1) is 41.4 Å². The van der Waals surface area contributed by atoms with E-state index in [1.165, 1.54) is 0 Å². The van der Waals surface area contributed by atoms with E-state index in [9.17, 15) is 10.1 Å². The smallest absolute Gasteiger partial charge is 0.233 e. The molecule has 4 heterocycles. The molecule has 0 unspecified atom stereocenters. The summed E-state index contributed by atoms with van der Waals surface area (Å²) < 4.78 is 7.91. The van der Waals surface area contributed by atoms with Crippen LogP contribution in [-0.4, -0.2) is 43.4 Å². The van der Waals surface area contributed by atoms with Crippen molar-refractivity contribution in [3.63, 3.8) is 0 Å². The minimum absolute atomic E-state index is 0.0798. The number of amides is 1. The van der Waals surface area contributed by atoms with Gasteiger partial charge in [-0.3, -0.25) is 9.78 Å². The number of aromatic nitrogens is 5. The summed E-state index contributed by atoms with van der Waals surface area (Å²) in [6.45, 7) is 2.70. The van der Waals surface area contributed by atoms with Crippen molar-refractivity contribution in [1.29, 1.82) is 5.26 Å². The summed E-state index contributed by atoms with van der Waals surface area (Å²) in [5.41, 5.74) is 2.94. The lowest BCUT2D eigenvalue weighted by Crippen LogP contribution is -2.27. The summed E-state index contributed by atoms with van der Waals surface area (Å²) in [5, 5.41) is 20.8. The van der Waals surface area contributed by atoms with Gasteiger partial charge in [0.2, 0.25) is 5.91 Å². The normalized spacial score (nSPS) is 18.5. The van der Waals surface area contributed by atoms with Crippen molar-refractivity contribution in [1.82, 2.24) is 24.7 Å². The lowest BCUT2D eigenvalue weighted by Gasteiger charge is -2.30. The molecule has 1 fully saturated rings. The number of nitrogens with zero attached hydrogens (tertiary/aromatic N) is 6. The maximum atomic E-state index is 12.8. The summed E-state index contributed by atoms with van der Waals surface area (Å²) in [6, 6.07) is 11.2. The molecule has 1 aliphatic heterocycles. The summed E-state index contributed by atoms with van der Waals surface area (Å²) in [5.74, 6) is 0.819. The van der Waals surface area contributed by atoms with Gasteiger partial charge in [0.25, 0.3) is 0 Å². The number of fused-ring (bicyclic) bond motifs is 3. The maximum Gasteiger partial charge on any atom is 0.233 e. The first-order valence-electron chi connectivity index (χ1n) is 10.5. The Kier molecular flexibility index (Phi) is 5.21. The largest absolute Gasteiger partial charge is 0.378 e. The van der Waals surface area contributed by atoms with Gasteiger partial charge in [0, 0.05) is 24.2 Å². The second-order valence-corrected chi connectivity index (χ2v) is 7.93. The highest BCUT2D eigenvalue weighted by molar-refractivity contribution is 6.03. The predicted octanol–water partition coefficient (Wildman–Crippen LogP) is 3.17. The quantitative estimate of drug-likeness (QED) is 0.531. The Balaban J connectivity index is 1.63. The second kappa shape index (κ2) is 8.32. The number of imidazole rings is 1. The Labute approximate surface area is 184 Å². The molecule has 0 bridgehead atoms. The Bertz CT molecular complexity index is 1340. The van der Waals surface area contributed by atoms with Gasteiger partial charge >= 0.3 is 0 Å². The fraction of sp³-hybridized carbons (Fsp3) is 0.304. The number of ether oxygens (including phenoxy) is 1. The van der Waals surface area contributed by atoms with Gasteiger partial charge in [0.1, 0.15) is 11.3 Å². The molecule has 1 saturated heterocycles. The molecular weight excluding hydrogens is 406 g/mol. The van der Waals surface area contributed by atoms with Crippen molar-refractivity contribution in [2.75, 3.05) is 11.9 Å². The molecule has 32 heavy (non-hydrogen) atoms. The Hall–Kier alpha value is -3.90. The van der Waals surface area contributed by atoms with Crippen molar-refractivity contribution >= 4 is 33.7 Å². The third kappa shape index (κ3) is 3.76. The number of benzene rings is 1. The van der Waals surface area contributed by atoms with E-state index in [-0.39, 0.29) is 24.5 Å². The van der Waals surface area contributed by atoms with Crippen LogP contribution in [0.1, 0.15) is 37.2 Å². The topological polar surface area (TPSA) is 119 Å². The molecular formula is C23H21N7O2. The molecule has 2 atom stereocenters. The van der Waals surface area contributed by atoms with Crippen LogP contribution >= 0.6 is 0 Å². The molecule has 1 amide bonds. The van der Waals surface area contributed by atoms with Crippen LogP contribution in [0.2, 0.25) is 0 Å². The van der Waals surface area contributed by atoms with E-state index in [0.29, 0.717) is 29.3 Å². The highest BCUT2D eigenvalue weighted by Gasteiger charge is 2.27. The van der Waals surface area contributed by atoms with E-state index in [1.54, 1.807) is 30.6 Å². The minimum atomic E-state index is -0.225. The molecule has 9 heteroatoms. The number of pyridine rings is 1. The first-order chi connectivity index (χ1) is 15.6. The van der Waals surface area contributed by atoms with Gasteiger partial charge in [0.15, 0.2) is 5.82 Å². The number of anilines is 1. The molecule has 1 aliphatic rings. The van der Waals surface area contributed by atoms with Crippen molar-refractivity contribution in [2.45, 2.75) is 38.3 Å². The van der Waals surface area contributed by atoms with Gasteiger partial charge in [-0.05, 0) is 50.1 Å². The zero-order valence-electron chi connectivity index (χ0n) is 17.5. The van der Waals surface area contributed by atoms with E-state index in [1.807, 2.05) is 12.1 Å². The second-order valence-electron chi connectivity index (χ2n) is 7.93. The van der Waals surface area contributed by atoms with Gasteiger partial charge in [-0.1, -0.05) is 0 Å². The Morgan fingerprint density at radius 2 is 2.25 bits per heavy atom. The first kappa shape index (κ1) is 20.0. The Morgan fingerprint density at radius 3 is 3.03 bits per heavy atom. The molecule has 160 valence electrons. The van der Waals surface area contributed by atoms with Crippen LogP contribution in [0.5, 0.6) is 0 Å². The number of carbonyl (C=O) groups excluding carboxylic acids is 1. The number of nitriles is 1. The minimum Gasteiger partial charge on any atom is -0.378 e. The highest BCUT2D eigenvalue weighted by Crippen LogP contribution is 2.34. The van der Waals surface area contributed by atoms with Crippen molar-refractivity contribution in [3.8, 4) is 6.07 Å². The SMILES string of the molecule is C[C@@H]1C[C@H](n2c(CC(=O)Nc3cccnn3)nc3cnc4ccc(C#N)cc4c32)CCO1. The number of hydrogen-bond donors (Lipinski definition) is 1. The molecule has 9 nitrogen and oxygen atoms in total. The number of hydrogen-bond acceptors (Lipinski definition) is 7. The zero-order chi connectivity index (χ0) is 22.1. The van der Waals surface area contributed by atoms with Crippen LogP contribution in [0.25, 0.3) is 21.9 Å². The van der Waals surface area contributed by atoms with Gasteiger partial charge in [-0.15, -0.1) is 5.10 Å². The molecule has 3 aromatic heterocycles. The van der Waals surface area contributed by atoms with Crippen LogP contribution in [0.3, 0.4) is 0 Å². The maximum absolute atomic E-state index is 12.8. The third-order valence-corrected chi connectivity index (χ3v) is 5.70. The van der Waals surface area contributed by atoms with E-state index in [2.05, 4.69) is 38.1 Å². The van der Waals surface area contributed by atoms with Crippen molar-refractivity contribution in [2.24, 2.45) is 0 Å². The van der Waals surface area contributed by atoms with Crippen LogP contribution in [0, 0.1) is 11.3 Å². The number of nitrogens with one attached hydrogen (secondary N) is 1. The molecule has 1 aromatic carbocycles. The van der Waals surface area contributed by atoms with Crippen LogP contribution in [-0.2, 0) is 16.0 Å². The summed E-state index contributed by atoms with van der Waals surface area (Å²) in [7, 11) is 0. The monoisotopic (exact) mass is 427 g/mol. The highest BCUT2D eigenvalue weighted by atomic mass is 16.5. The average molecular weight is 427 g/mol. The standard InChI is InChI=1S/C23H21N7O2/c1-14-9-16(6-8-32-14)30-21(11-22(31)28-20-3-2-7-26-29-20)27-19-13-25-18-5-4-15(12-24)10-17(18)23(19)30/h2-5,7,10,13-14,16H,6,8-9,11H2,1H3,(H,28,29,31)/t14-,16-/m1/s1. The van der Waals surface area contributed by atoms with Crippen LogP contribution in [0.15, 0.2) is 42.7 Å². The third-order valence-electron chi connectivity index (χ3n) is 5.70. The average Bonchev–Trinajstić information content (AvgIpc) is 3.17. The molecule has 1 N–H and O–H groups in total. The lowest BCUT2D eigenvalue weighted by atomic mass is 10.0. The molecule has 5 rings (SSSR count). The molecule has 0 saturated carbocycles.